The highest BCUT2D eigenvalue weighted by molar-refractivity contribution is 6.39. The highest BCUT2D eigenvalue weighted by Crippen LogP contribution is 2.13. The summed E-state index contributed by atoms with van der Waals surface area (Å²) in [5.74, 6) is -4.80. The zero-order chi connectivity index (χ0) is 13.0. The second-order valence-corrected chi connectivity index (χ2v) is 3.42. The molecule has 90 valence electrons. The Bertz CT molecular complexity index is 467. The van der Waals surface area contributed by atoms with Crippen LogP contribution >= 0.6 is 0 Å². The molecule has 0 saturated carbocycles. The summed E-state index contributed by atoms with van der Waals surface area (Å²) in [5, 5.41) is 0. The van der Waals surface area contributed by atoms with Crippen LogP contribution in [0.3, 0.4) is 0 Å². The van der Waals surface area contributed by atoms with Crippen molar-refractivity contribution in [2.75, 3.05) is 7.11 Å². The summed E-state index contributed by atoms with van der Waals surface area (Å²) in [6, 6.07) is 5.28. The van der Waals surface area contributed by atoms with Crippen LogP contribution in [0.2, 0.25) is 0 Å². The lowest BCUT2D eigenvalue weighted by Crippen LogP contribution is -2.29. The van der Waals surface area contributed by atoms with E-state index in [-0.39, 0.29) is 5.56 Å². The van der Waals surface area contributed by atoms with Crippen molar-refractivity contribution in [2.24, 2.45) is 5.92 Å². The van der Waals surface area contributed by atoms with Crippen molar-refractivity contribution in [2.45, 2.75) is 6.92 Å². The Morgan fingerprint density at radius 3 is 2.35 bits per heavy atom. The third kappa shape index (κ3) is 2.75. The Kier molecular flexibility index (Phi) is 4.09. The summed E-state index contributed by atoms with van der Waals surface area (Å²) in [7, 11) is 1.04. The van der Waals surface area contributed by atoms with E-state index in [1.165, 1.54) is 25.1 Å². The molecule has 0 heterocycles. The van der Waals surface area contributed by atoms with Crippen LogP contribution in [0.5, 0.6) is 0 Å². The van der Waals surface area contributed by atoms with Gasteiger partial charge in [-0.25, -0.2) is 9.18 Å². The van der Waals surface area contributed by atoms with Crippen molar-refractivity contribution < 1.29 is 23.5 Å². The lowest BCUT2D eigenvalue weighted by molar-refractivity contribution is -0.152. The van der Waals surface area contributed by atoms with Gasteiger partial charge in [-0.05, 0) is 19.1 Å². The van der Waals surface area contributed by atoms with E-state index in [1.807, 2.05) is 0 Å². The molecule has 0 aliphatic heterocycles. The van der Waals surface area contributed by atoms with Gasteiger partial charge >= 0.3 is 5.97 Å². The molecule has 0 fully saturated rings. The molecule has 0 saturated heterocycles. The summed E-state index contributed by atoms with van der Waals surface area (Å²) in [6.07, 6.45) is 0. The first-order chi connectivity index (χ1) is 7.99. The molecular formula is C12H11FO4. The Hall–Kier alpha value is -2.04. The van der Waals surface area contributed by atoms with Crippen molar-refractivity contribution >= 4 is 17.5 Å². The number of carbonyl (C=O) groups is 3. The largest absolute Gasteiger partial charge is 0.463 e. The van der Waals surface area contributed by atoms with Gasteiger partial charge in [0.2, 0.25) is 0 Å². The predicted molar refractivity (Wildman–Crippen MR) is 56.9 cm³/mol. The zero-order valence-corrected chi connectivity index (χ0v) is 9.40. The fourth-order valence-electron chi connectivity index (χ4n) is 1.29. The number of Topliss-reactive ketones (excluding diaryl/α,β-unsaturated/α-hetero) is 2. The minimum atomic E-state index is -1.25. The SMILES string of the molecule is COC(=O)C(=O)C(C)C(=O)c1ccccc1F. The second kappa shape index (κ2) is 5.34. The molecule has 1 unspecified atom stereocenters. The number of ether oxygens (including phenoxy) is 1. The normalized spacial score (nSPS) is 11.7. The fourth-order valence-corrected chi connectivity index (χ4v) is 1.29. The fraction of sp³-hybridized carbons (Fsp3) is 0.250. The van der Waals surface area contributed by atoms with Crippen LogP contribution in [-0.2, 0) is 14.3 Å². The van der Waals surface area contributed by atoms with Crippen LogP contribution in [0.4, 0.5) is 4.39 Å². The van der Waals surface area contributed by atoms with E-state index in [1.54, 1.807) is 0 Å². The van der Waals surface area contributed by atoms with Crippen molar-refractivity contribution in [3.63, 3.8) is 0 Å². The number of ketones is 2. The number of hydrogen-bond acceptors (Lipinski definition) is 4. The van der Waals surface area contributed by atoms with Gasteiger partial charge in [0.05, 0.1) is 18.6 Å². The number of methoxy groups -OCH3 is 1. The maximum Gasteiger partial charge on any atom is 0.375 e. The maximum absolute atomic E-state index is 13.3. The lowest BCUT2D eigenvalue weighted by Gasteiger charge is -2.08. The third-order valence-electron chi connectivity index (χ3n) is 2.31. The van der Waals surface area contributed by atoms with Gasteiger partial charge in [-0.2, -0.15) is 0 Å². The molecule has 0 radical (unpaired) electrons. The van der Waals surface area contributed by atoms with Crippen LogP contribution in [0.1, 0.15) is 17.3 Å². The first-order valence-electron chi connectivity index (χ1n) is 4.90. The average Bonchev–Trinajstić information content (AvgIpc) is 2.35. The zero-order valence-electron chi connectivity index (χ0n) is 9.40. The van der Waals surface area contributed by atoms with Crippen LogP contribution in [-0.4, -0.2) is 24.6 Å². The molecule has 1 atom stereocenters. The minimum absolute atomic E-state index is 0.211. The molecule has 1 aromatic carbocycles. The van der Waals surface area contributed by atoms with Gasteiger partial charge in [-0.1, -0.05) is 12.1 Å². The first kappa shape index (κ1) is 13.0. The van der Waals surface area contributed by atoms with Crippen molar-refractivity contribution in [3.05, 3.63) is 35.6 Å². The van der Waals surface area contributed by atoms with Gasteiger partial charge in [-0.3, -0.25) is 9.59 Å². The average molecular weight is 238 g/mol. The van der Waals surface area contributed by atoms with Gasteiger partial charge in [-0.15, -0.1) is 0 Å². The summed E-state index contributed by atoms with van der Waals surface area (Å²) < 4.78 is 17.5. The molecule has 5 heteroatoms. The topological polar surface area (TPSA) is 60.4 Å². The van der Waals surface area contributed by atoms with Gasteiger partial charge in [0, 0.05) is 0 Å². The molecule has 1 rings (SSSR count). The van der Waals surface area contributed by atoms with Crippen molar-refractivity contribution in [1.29, 1.82) is 0 Å². The van der Waals surface area contributed by atoms with Crippen LogP contribution in [0, 0.1) is 11.7 Å². The molecule has 0 aromatic heterocycles. The second-order valence-electron chi connectivity index (χ2n) is 3.42. The number of halogens is 1. The van der Waals surface area contributed by atoms with Gasteiger partial charge in [0.15, 0.2) is 5.78 Å². The van der Waals surface area contributed by atoms with E-state index in [9.17, 15) is 18.8 Å². The summed E-state index contributed by atoms with van der Waals surface area (Å²) in [4.78, 5) is 34.1. The van der Waals surface area contributed by atoms with E-state index in [0.717, 1.165) is 13.2 Å². The van der Waals surface area contributed by atoms with Crippen LogP contribution in [0.15, 0.2) is 24.3 Å². The van der Waals surface area contributed by atoms with E-state index < -0.39 is 29.3 Å². The summed E-state index contributed by atoms with van der Waals surface area (Å²) in [6.45, 7) is 1.24. The number of esters is 1. The number of benzene rings is 1. The van der Waals surface area contributed by atoms with E-state index in [4.69, 9.17) is 0 Å². The molecule has 0 amide bonds. The van der Waals surface area contributed by atoms with E-state index >= 15 is 0 Å². The lowest BCUT2D eigenvalue weighted by atomic mass is 9.95. The molecular weight excluding hydrogens is 227 g/mol. The number of rotatable bonds is 4. The highest BCUT2D eigenvalue weighted by Gasteiger charge is 2.30. The summed E-state index contributed by atoms with van der Waals surface area (Å²) in [5.41, 5.74) is -0.211. The summed E-state index contributed by atoms with van der Waals surface area (Å²) >= 11 is 0. The van der Waals surface area contributed by atoms with Gasteiger partial charge in [0.1, 0.15) is 5.82 Å². The number of carbonyl (C=O) groups excluding carboxylic acids is 3. The van der Waals surface area contributed by atoms with E-state index in [0.29, 0.717) is 0 Å². The monoisotopic (exact) mass is 238 g/mol. The van der Waals surface area contributed by atoms with Crippen LogP contribution < -0.4 is 0 Å². The number of hydrogen-bond donors (Lipinski definition) is 0. The van der Waals surface area contributed by atoms with Gasteiger partial charge < -0.3 is 4.74 Å². The molecule has 0 aliphatic rings. The van der Waals surface area contributed by atoms with Crippen molar-refractivity contribution in [1.82, 2.24) is 0 Å². The standard InChI is InChI=1S/C12H11FO4/c1-7(11(15)12(16)17-2)10(14)8-5-3-4-6-9(8)13/h3-7H,1-2H3. The van der Waals surface area contributed by atoms with E-state index in [2.05, 4.69) is 4.74 Å². The molecule has 17 heavy (non-hydrogen) atoms. The third-order valence-corrected chi connectivity index (χ3v) is 2.31. The maximum atomic E-state index is 13.3. The molecule has 0 N–H and O–H groups in total. The Morgan fingerprint density at radius 1 is 1.24 bits per heavy atom. The predicted octanol–water partition coefficient (Wildman–Crippen LogP) is 1.39. The minimum Gasteiger partial charge on any atom is -0.463 e. The Labute approximate surface area is 97.4 Å². The Balaban J connectivity index is 2.95. The van der Waals surface area contributed by atoms with Gasteiger partial charge in [0.25, 0.3) is 5.78 Å². The molecule has 0 aliphatic carbocycles. The van der Waals surface area contributed by atoms with Crippen LogP contribution in [0.25, 0.3) is 0 Å². The van der Waals surface area contributed by atoms with Crippen molar-refractivity contribution in [3.8, 4) is 0 Å². The highest BCUT2D eigenvalue weighted by atomic mass is 19.1. The molecule has 0 spiro atoms. The quantitative estimate of drug-likeness (QED) is 0.344. The Morgan fingerprint density at radius 2 is 1.82 bits per heavy atom. The smallest absolute Gasteiger partial charge is 0.375 e. The molecule has 4 nitrogen and oxygen atoms in total. The molecule has 0 bridgehead atoms. The first-order valence-corrected chi connectivity index (χ1v) is 4.90. The molecule has 1 aromatic rings.